The van der Waals surface area contributed by atoms with Gasteiger partial charge in [-0.2, -0.15) is 0 Å². The van der Waals surface area contributed by atoms with Crippen LogP contribution in [-0.4, -0.2) is 42.9 Å². The lowest BCUT2D eigenvalue weighted by Gasteiger charge is -2.36. The minimum Gasteiger partial charge on any atom is -0.370 e. The first kappa shape index (κ1) is 17.8. The highest BCUT2D eigenvalue weighted by molar-refractivity contribution is 6.31. The Balaban J connectivity index is 1.73. The average molecular weight is 362 g/mol. The van der Waals surface area contributed by atoms with E-state index in [0.29, 0.717) is 17.6 Å². The highest BCUT2D eigenvalue weighted by Crippen LogP contribution is 2.33. The Morgan fingerprint density at radius 2 is 2.16 bits per heavy atom. The van der Waals surface area contributed by atoms with Gasteiger partial charge < -0.3 is 16.0 Å². The third-order valence-electron chi connectivity index (χ3n) is 4.78. The van der Waals surface area contributed by atoms with Crippen molar-refractivity contribution in [3.63, 3.8) is 0 Å². The topological polar surface area (TPSA) is 74.0 Å². The van der Waals surface area contributed by atoms with Gasteiger partial charge in [-0.1, -0.05) is 11.6 Å². The third kappa shape index (κ3) is 4.32. The van der Waals surface area contributed by atoms with Crippen molar-refractivity contribution in [2.45, 2.75) is 25.8 Å². The molecule has 134 valence electrons. The number of aliphatic imine (C=N–C) groups is 1. The second kappa shape index (κ2) is 7.89. The Kier molecular flexibility index (Phi) is 5.60. The maximum atomic E-state index is 12.5. The Labute approximate surface area is 153 Å². The van der Waals surface area contributed by atoms with Gasteiger partial charge >= 0.3 is 6.03 Å². The molecule has 2 aliphatic rings. The van der Waals surface area contributed by atoms with Gasteiger partial charge in [0.2, 0.25) is 0 Å². The molecule has 0 aromatic heterocycles. The second-order valence-corrected chi connectivity index (χ2v) is 7.00. The van der Waals surface area contributed by atoms with Crippen molar-refractivity contribution in [1.82, 2.24) is 4.90 Å². The van der Waals surface area contributed by atoms with Gasteiger partial charge in [-0.25, -0.2) is 4.79 Å². The lowest BCUT2D eigenvalue weighted by atomic mass is 9.90. The molecule has 0 aliphatic carbocycles. The SMILES string of the molecule is CC(N)C1CCN(c2ccc(Cl)cc2NC(=O)N2C=CC=NC2)CC1. The standard InChI is InChI=1S/C18H24ClN5O/c1-13(20)14-5-9-23(10-6-14)17-4-3-15(19)11-16(17)22-18(25)24-8-2-7-21-12-24/h2-4,7-8,11,13-14H,5-6,9-10,12,20H2,1H3,(H,22,25). The van der Waals surface area contributed by atoms with Gasteiger partial charge in [-0.3, -0.25) is 9.89 Å². The molecule has 2 aliphatic heterocycles. The monoisotopic (exact) mass is 361 g/mol. The van der Waals surface area contributed by atoms with Crippen LogP contribution < -0.4 is 16.0 Å². The largest absolute Gasteiger partial charge is 0.370 e. The average Bonchev–Trinajstić information content (AvgIpc) is 2.63. The highest BCUT2D eigenvalue weighted by Gasteiger charge is 2.24. The number of nitrogens with one attached hydrogen (secondary N) is 1. The van der Waals surface area contributed by atoms with E-state index in [-0.39, 0.29) is 12.1 Å². The number of carbonyl (C=O) groups is 1. The Morgan fingerprint density at radius 1 is 1.40 bits per heavy atom. The van der Waals surface area contributed by atoms with Crippen molar-refractivity contribution in [3.05, 3.63) is 35.5 Å². The van der Waals surface area contributed by atoms with Gasteiger partial charge in [0.25, 0.3) is 0 Å². The number of allylic oxidation sites excluding steroid dienone is 1. The molecule has 1 fully saturated rings. The van der Waals surface area contributed by atoms with Crippen LogP contribution in [0.3, 0.4) is 0 Å². The van der Waals surface area contributed by atoms with Crippen molar-refractivity contribution < 1.29 is 4.79 Å². The summed E-state index contributed by atoms with van der Waals surface area (Å²) in [6.45, 7) is 4.23. The maximum absolute atomic E-state index is 12.5. The normalized spacial score (nSPS) is 19.2. The van der Waals surface area contributed by atoms with Gasteiger partial charge in [0.15, 0.2) is 0 Å². The first-order valence-corrected chi connectivity index (χ1v) is 8.96. The number of anilines is 2. The molecule has 1 saturated heterocycles. The number of amides is 2. The number of carbonyl (C=O) groups excluding carboxylic acids is 1. The Bertz CT molecular complexity index is 680. The third-order valence-corrected chi connectivity index (χ3v) is 5.01. The van der Waals surface area contributed by atoms with Crippen LogP contribution in [0.1, 0.15) is 19.8 Å². The molecule has 1 atom stereocenters. The van der Waals surface area contributed by atoms with Crippen molar-refractivity contribution in [2.75, 3.05) is 30.0 Å². The summed E-state index contributed by atoms with van der Waals surface area (Å²) in [6.07, 6.45) is 7.23. The summed E-state index contributed by atoms with van der Waals surface area (Å²) in [7, 11) is 0. The number of hydrogen-bond donors (Lipinski definition) is 2. The summed E-state index contributed by atoms with van der Waals surface area (Å²) >= 11 is 6.15. The molecule has 0 spiro atoms. The van der Waals surface area contributed by atoms with Crippen molar-refractivity contribution in [1.29, 1.82) is 0 Å². The van der Waals surface area contributed by atoms with E-state index in [9.17, 15) is 4.79 Å². The number of benzene rings is 1. The zero-order valence-electron chi connectivity index (χ0n) is 14.4. The molecule has 1 aromatic rings. The number of hydrogen-bond acceptors (Lipinski definition) is 4. The molecule has 3 rings (SSSR count). The fourth-order valence-electron chi connectivity index (χ4n) is 3.25. The Morgan fingerprint density at radius 3 is 2.80 bits per heavy atom. The summed E-state index contributed by atoms with van der Waals surface area (Å²) in [4.78, 5) is 20.4. The zero-order chi connectivity index (χ0) is 17.8. The molecule has 0 radical (unpaired) electrons. The van der Waals surface area contributed by atoms with Gasteiger partial charge in [-0.15, -0.1) is 0 Å². The molecule has 3 N–H and O–H groups in total. The van der Waals surface area contributed by atoms with Gasteiger partial charge in [0.1, 0.15) is 6.67 Å². The predicted octanol–water partition coefficient (Wildman–Crippen LogP) is 3.29. The van der Waals surface area contributed by atoms with E-state index in [1.807, 2.05) is 12.1 Å². The number of piperidine rings is 1. The van der Waals surface area contributed by atoms with Crippen LogP contribution in [-0.2, 0) is 0 Å². The van der Waals surface area contributed by atoms with E-state index >= 15 is 0 Å². The quantitative estimate of drug-likeness (QED) is 0.867. The van der Waals surface area contributed by atoms with Gasteiger partial charge in [0.05, 0.1) is 11.4 Å². The smallest absolute Gasteiger partial charge is 0.327 e. The van der Waals surface area contributed by atoms with Crippen molar-refractivity contribution in [3.8, 4) is 0 Å². The van der Waals surface area contributed by atoms with Crippen LogP contribution in [0, 0.1) is 5.92 Å². The second-order valence-electron chi connectivity index (χ2n) is 6.56. The molecule has 1 unspecified atom stereocenters. The number of halogens is 1. The number of nitrogens with zero attached hydrogens (tertiary/aromatic N) is 3. The molecule has 25 heavy (non-hydrogen) atoms. The molecule has 2 amide bonds. The van der Waals surface area contributed by atoms with Crippen molar-refractivity contribution >= 4 is 35.2 Å². The number of urea groups is 1. The molecule has 7 heteroatoms. The van der Waals surface area contributed by atoms with Crippen LogP contribution in [0.25, 0.3) is 0 Å². The van der Waals surface area contributed by atoms with E-state index in [0.717, 1.165) is 37.3 Å². The van der Waals surface area contributed by atoms with E-state index in [4.69, 9.17) is 17.3 Å². The van der Waals surface area contributed by atoms with Crippen LogP contribution >= 0.6 is 11.6 Å². The molecule has 0 bridgehead atoms. The van der Waals surface area contributed by atoms with E-state index < -0.39 is 0 Å². The summed E-state index contributed by atoms with van der Waals surface area (Å²) in [5.41, 5.74) is 7.75. The van der Waals surface area contributed by atoms with E-state index in [1.165, 1.54) is 4.90 Å². The summed E-state index contributed by atoms with van der Waals surface area (Å²) in [5.74, 6) is 0.554. The molecule has 2 heterocycles. The number of nitrogens with two attached hydrogens (primary N) is 1. The van der Waals surface area contributed by atoms with Gasteiger partial charge in [0, 0.05) is 36.6 Å². The van der Waals surface area contributed by atoms with E-state index in [2.05, 4.69) is 22.1 Å². The zero-order valence-corrected chi connectivity index (χ0v) is 15.1. The maximum Gasteiger partial charge on any atom is 0.327 e. The fraction of sp³-hybridized carbons (Fsp3) is 0.444. The van der Waals surface area contributed by atoms with Crippen LogP contribution in [0.15, 0.2) is 35.5 Å². The van der Waals surface area contributed by atoms with E-state index in [1.54, 1.807) is 24.6 Å². The molecular weight excluding hydrogens is 338 g/mol. The predicted molar refractivity (Wildman–Crippen MR) is 103 cm³/mol. The lowest BCUT2D eigenvalue weighted by molar-refractivity contribution is 0.229. The minimum atomic E-state index is -0.220. The van der Waals surface area contributed by atoms with Crippen molar-refractivity contribution in [2.24, 2.45) is 16.6 Å². The van der Waals surface area contributed by atoms with Gasteiger partial charge in [-0.05, 0) is 50.0 Å². The number of rotatable bonds is 3. The Hall–Kier alpha value is -2.05. The fourth-order valence-corrected chi connectivity index (χ4v) is 3.43. The first-order chi connectivity index (χ1) is 12.0. The summed E-state index contributed by atoms with van der Waals surface area (Å²) in [6, 6.07) is 5.62. The minimum absolute atomic E-state index is 0.220. The summed E-state index contributed by atoms with van der Waals surface area (Å²) < 4.78 is 0. The molecule has 1 aromatic carbocycles. The lowest BCUT2D eigenvalue weighted by Crippen LogP contribution is -2.40. The highest BCUT2D eigenvalue weighted by atomic mass is 35.5. The molecular formula is C18H24ClN5O. The molecule has 6 nitrogen and oxygen atoms in total. The van der Waals surface area contributed by atoms with Crippen LogP contribution in [0.2, 0.25) is 5.02 Å². The van der Waals surface area contributed by atoms with Crippen LogP contribution in [0.5, 0.6) is 0 Å². The van der Waals surface area contributed by atoms with Crippen LogP contribution in [0.4, 0.5) is 16.2 Å². The summed E-state index contributed by atoms with van der Waals surface area (Å²) in [5, 5.41) is 3.56. The molecule has 0 saturated carbocycles. The first-order valence-electron chi connectivity index (χ1n) is 8.59.